The first kappa shape index (κ1) is 22.9. The second kappa shape index (κ2) is 8.99. The van der Waals surface area contributed by atoms with Crippen molar-refractivity contribution in [1.29, 1.82) is 0 Å². The molecular formula is C19H23N3O7S. The Hall–Kier alpha value is -3.34. The number of sulfonamides is 1. The minimum Gasteiger partial charge on any atom is -0.493 e. The van der Waals surface area contributed by atoms with Crippen molar-refractivity contribution < 1.29 is 27.6 Å². The highest BCUT2D eigenvalue weighted by Gasteiger charge is 2.30. The van der Waals surface area contributed by atoms with E-state index in [0.717, 1.165) is 10.6 Å². The fourth-order valence-electron chi connectivity index (χ4n) is 2.96. The molecule has 1 atom stereocenters. The lowest BCUT2D eigenvalue weighted by molar-refractivity contribution is -0.385. The molecule has 0 bridgehead atoms. The van der Waals surface area contributed by atoms with E-state index in [-0.39, 0.29) is 22.6 Å². The van der Waals surface area contributed by atoms with Gasteiger partial charge < -0.3 is 14.8 Å². The molecule has 2 aromatic carbocycles. The molecule has 0 heterocycles. The zero-order chi connectivity index (χ0) is 22.6. The van der Waals surface area contributed by atoms with Crippen LogP contribution < -0.4 is 19.1 Å². The molecule has 0 aliphatic carbocycles. The maximum absolute atomic E-state index is 12.8. The molecule has 10 nitrogen and oxygen atoms in total. The van der Waals surface area contributed by atoms with E-state index in [2.05, 4.69) is 5.32 Å². The fraction of sp³-hybridized carbons (Fsp3) is 0.316. The summed E-state index contributed by atoms with van der Waals surface area (Å²) in [5.74, 6) is 0.0450. The maximum Gasteiger partial charge on any atom is 0.274 e. The minimum atomic E-state index is -3.86. The summed E-state index contributed by atoms with van der Waals surface area (Å²) < 4.78 is 36.3. The number of amides is 1. The molecule has 0 saturated carbocycles. The summed E-state index contributed by atoms with van der Waals surface area (Å²) in [4.78, 5) is 23.4. The lowest BCUT2D eigenvalue weighted by Crippen LogP contribution is -2.45. The molecule has 0 aliphatic rings. The number of ether oxygens (including phenoxy) is 2. The Bertz CT molecular complexity index is 1070. The van der Waals surface area contributed by atoms with Gasteiger partial charge in [-0.3, -0.25) is 19.2 Å². The first-order valence-corrected chi connectivity index (χ1v) is 10.6. The fourth-order valence-corrected chi connectivity index (χ4v) is 4.13. The third-order valence-corrected chi connectivity index (χ3v) is 5.71. The largest absolute Gasteiger partial charge is 0.493 e. The molecule has 11 heteroatoms. The normalized spacial score (nSPS) is 12.0. The Kier molecular flexibility index (Phi) is 6.88. The van der Waals surface area contributed by atoms with E-state index in [0.29, 0.717) is 11.5 Å². The van der Waals surface area contributed by atoms with Crippen LogP contribution >= 0.6 is 0 Å². The molecule has 0 spiro atoms. The molecule has 0 saturated heterocycles. The number of hydrogen-bond acceptors (Lipinski definition) is 7. The van der Waals surface area contributed by atoms with Crippen LogP contribution in [-0.2, 0) is 14.8 Å². The van der Waals surface area contributed by atoms with Gasteiger partial charge in [-0.2, -0.15) is 0 Å². The summed E-state index contributed by atoms with van der Waals surface area (Å²) in [6, 6.07) is 7.58. The van der Waals surface area contributed by atoms with Crippen molar-refractivity contribution >= 4 is 33.0 Å². The van der Waals surface area contributed by atoms with Crippen molar-refractivity contribution in [2.45, 2.75) is 19.9 Å². The predicted molar refractivity (Wildman–Crippen MR) is 113 cm³/mol. The highest BCUT2D eigenvalue weighted by atomic mass is 32.2. The summed E-state index contributed by atoms with van der Waals surface area (Å²) in [6.07, 6.45) is 0.978. The van der Waals surface area contributed by atoms with Crippen LogP contribution in [-0.4, -0.2) is 45.8 Å². The van der Waals surface area contributed by atoms with Gasteiger partial charge in [-0.25, -0.2) is 8.42 Å². The highest BCUT2D eigenvalue weighted by molar-refractivity contribution is 7.92. The van der Waals surface area contributed by atoms with Crippen molar-refractivity contribution in [2.75, 3.05) is 30.1 Å². The van der Waals surface area contributed by atoms with Gasteiger partial charge in [0.2, 0.25) is 15.9 Å². The Morgan fingerprint density at radius 3 is 2.33 bits per heavy atom. The van der Waals surface area contributed by atoms with Crippen LogP contribution in [0.4, 0.5) is 17.1 Å². The molecule has 1 amide bonds. The van der Waals surface area contributed by atoms with Crippen molar-refractivity contribution in [1.82, 2.24) is 0 Å². The van der Waals surface area contributed by atoms with Gasteiger partial charge in [0.1, 0.15) is 6.04 Å². The van der Waals surface area contributed by atoms with Crippen LogP contribution in [0.5, 0.6) is 11.5 Å². The second-order valence-corrected chi connectivity index (χ2v) is 8.33. The number of nitro benzene ring substituents is 1. The van der Waals surface area contributed by atoms with Gasteiger partial charge in [-0.05, 0) is 32.0 Å². The summed E-state index contributed by atoms with van der Waals surface area (Å²) in [5.41, 5.74) is 0.538. The predicted octanol–water partition coefficient (Wildman–Crippen LogP) is 2.71. The third kappa shape index (κ3) is 4.79. The maximum atomic E-state index is 12.8. The van der Waals surface area contributed by atoms with Gasteiger partial charge in [0.25, 0.3) is 5.69 Å². The zero-order valence-electron chi connectivity index (χ0n) is 17.2. The number of rotatable bonds is 8. The summed E-state index contributed by atoms with van der Waals surface area (Å²) in [7, 11) is -1.00. The second-order valence-electron chi connectivity index (χ2n) is 6.47. The van der Waals surface area contributed by atoms with E-state index < -0.39 is 26.9 Å². The Morgan fingerprint density at radius 2 is 1.80 bits per heavy atom. The van der Waals surface area contributed by atoms with Crippen LogP contribution in [0.15, 0.2) is 36.4 Å². The van der Waals surface area contributed by atoms with E-state index in [1.807, 2.05) is 0 Å². The molecule has 0 fully saturated rings. The standard InChI is InChI=1S/C19H23N3O7S/c1-12-15(7-6-8-16(12)22(24)25)20-19(23)13(2)21(30(5,26)27)14-9-10-17(28-3)18(11-14)29-4/h6-11,13H,1-5H3,(H,20,23). The molecule has 0 radical (unpaired) electrons. The van der Waals surface area contributed by atoms with E-state index in [1.54, 1.807) is 0 Å². The number of hydrogen-bond donors (Lipinski definition) is 1. The zero-order valence-corrected chi connectivity index (χ0v) is 18.0. The quantitative estimate of drug-likeness (QED) is 0.497. The van der Waals surface area contributed by atoms with Crippen molar-refractivity contribution in [2.24, 2.45) is 0 Å². The third-order valence-electron chi connectivity index (χ3n) is 4.47. The Balaban J connectivity index is 2.42. The van der Waals surface area contributed by atoms with E-state index in [9.17, 15) is 23.3 Å². The van der Waals surface area contributed by atoms with Gasteiger partial charge in [0.05, 0.1) is 42.3 Å². The molecule has 30 heavy (non-hydrogen) atoms. The first-order chi connectivity index (χ1) is 14.0. The van der Waals surface area contributed by atoms with Crippen LogP contribution in [0.3, 0.4) is 0 Å². The van der Waals surface area contributed by atoms with Gasteiger partial charge in [-0.15, -0.1) is 0 Å². The van der Waals surface area contributed by atoms with E-state index >= 15 is 0 Å². The number of benzene rings is 2. The molecule has 1 unspecified atom stereocenters. The van der Waals surface area contributed by atoms with Crippen molar-refractivity contribution in [3.63, 3.8) is 0 Å². The van der Waals surface area contributed by atoms with Crippen LogP contribution in [0.1, 0.15) is 12.5 Å². The molecule has 1 N–H and O–H groups in total. The van der Waals surface area contributed by atoms with Gasteiger partial charge in [0.15, 0.2) is 11.5 Å². The van der Waals surface area contributed by atoms with E-state index in [4.69, 9.17) is 9.47 Å². The average molecular weight is 437 g/mol. The Morgan fingerprint density at radius 1 is 1.17 bits per heavy atom. The highest BCUT2D eigenvalue weighted by Crippen LogP contribution is 2.33. The number of nitrogens with one attached hydrogen (secondary N) is 1. The van der Waals surface area contributed by atoms with Gasteiger partial charge in [0, 0.05) is 12.1 Å². The summed E-state index contributed by atoms with van der Waals surface area (Å²) >= 11 is 0. The molecule has 0 aromatic heterocycles. The molecule has 0 aliphatic heterocycles. The monoisotopic (exact) mass is 437 g/mol. The Labute approximate surface area is 174 Å². The van der Waals surface area contributed by atoms with Gasteiger partial charge >= 0.3 is 0 Å². The first-order valence-electron chi connectivity index (χ1n) is 8.77. The van der Waals surface area contributed by atoms with Crippen LogP contribution in [0.2, 0.25) is 0 Å². The van der Waals surface area contributed by atoms with Crippen LogP contribution in [0.25, 0.3) is 0 Å². The minimum absolute atomic E-state index is 0.152. The lowest BCUT2D eigenvalue weighted by Gasteiger charge is -2.28. The SMILES string of the molecule is COc1ccc(N(C(C)C(=O)Nc2cccc([N+](=O)[O-])c2C)S(C)(=O)=O)cc1OC. The lowest BCUT2D eigenvalue weighted by atomic mass is 10.1. The number of nitro groups is 1. The summed E-state index contributed by atoms with van der Waals surface area (Å²) in [6.45, 7) is 2.92. The molecular weight excluding hydrogens is 414 g/mol. The average Bonchev–Trinajstić information content (AvgIpc) is 2.68. The van der Waals surface area contributed by atoms with Crippen molar-refractivity contribution in [3.05, 3.63) is 52.1 Å². The molecule has 162 valence electrons. The van der Waals surface area contributed by atoms with Crippen LogP contribution in [0, 0.1) is 17.0 Å². The van der Waals surface area contributed by atoms with Gasteiger partial charge in [-0.1, -0.05) is 6.07 Å². The number of nitrogens with zero attached hydrogens (tertiary/aromatic N) is 2. The molecule has 2 aromatic rings. The molecule has 2 rings (SSSR count). The topological polar surface area (TPSA) is 128 Å². The number of anilines is 2. The number of carbonyl (C=O) groups excluding carboxylic acids is 1. The smallest absolute Gasteiger partial charge is 0.274 e. The number of methoxy groups -OCH3 is 2. The van der Waals surface area contributed by atoms with Crippen molar-refractivity contribution in [3.8, 4) is 11.5 Å². The number of carbonyl (C=O) groups is 1. The van der Waals surface area contributed by atoms with E-state index in [1.165, 1.54) is 64.5 Å². The summed E-state index contributed by atoms with van der Waals surface area (Å²) in [5, 5.41) is 13.7.